The normalized spacial score (nSPS) is 15.6. The molecule has 2 aromatic carbocycles. The Labute approximate surface area is 183 Å². The monoisotopic (exact) mass is 434 g/mol. The van der Waals surface area contributed by atoms with Gasteiger partial charge < -0.3 is 14.8 Å². The number of anilines is 1. The molecule has 0 aliphatic carbocycles. The van der Waals surface area contributed by atoms with Gasteiger partial charge in [0.15, 0.2) is 0 Å². The highest BCUT2D eigenvalue weighted by molar-refractivity contribution is 7.20. The summed E-state index contributed by atoms with van der Waals surface area (Å²) in [7, 11) is 1.64. The molecule has 0 unspecified atom stereocenters. The first kappa shape index (κ1) is 19.6. The molecule has 0 saturated heterocycles. The van der Waals surface area contributed by atoms with Crippen molar-refractivity contribution < 1.29 is 14.3 Å². The molecule has 0 bridgehead atoms. The average molecular weight is 435 g/mol. The molecule has 3 heterocycles. The van der Waals surface area contributed by atoms with E-state index in [1.165, 1.54) is 11.3 Å². The van der Waals surface area contributed by atoms with E-state index in [2.05, 4.69) is 5.32 Å². The highest BCUT2D eigenvalue weighted by Crippen LogP contribution is 2.41. The van der Waals surface area contributed by atoms with Crippen LogP contribution >= 0.6 is 11.3 Å². The first-order valence-electron chi connectivity index (χ1n) is 10.1. The molecule has 1 atom stereocenters. The molecule has 1 amide bonds. The number of ether oxygens (including phenoxy) is 2. The van der Waals surface area contributed by atoms with Crippen LogP contribution in [-0.2, 0) is 4.79 Å². The molecule has 1 aliphatic rings. The number of methoxy groups -OCH3 is 1. The van der Waals surface area contributed by atoms with Crippen LogP contribution in [0.5, 0.6) is 11.5 Å². The van der Waals surface area contributed by atoms with Crippen LogP contribution in [0.3, 0.4) is 0 Å². The van der Waals surface area contributed by atoms with Crippen molar-refractivity contribution in [3.63, 3.8) is 0 Å². The molecular formula is C23H22N4O3S. The third-order valence-electron chi connectivity index (χ3n) is 5.44. The van der Waals surface area contributed by atoms with Crippen molar-refractivity contribution in [3.05, 3.63) is 59.3 Å². The average Bonchev–Trinajstić information content (AvgIpc) is 3.34. The minimum atomic E-state index is -0.0912. The lowest BCUT2D eigenvalue weighted by molar-refractivity contribution is -0.116. The molecule has 4 aromatic rings. The summed E-state index contributed by atoms with van der Waals surface area (Å²) in [5, 5.41) is 8.49. The van der Waals surface area contributed by atoms with Gasteiger partial charge in [0.2, 0.25) is 11.0 Å². The topological polar surface area (TPSA) is 78.3 Å². The van der Waals surface area contributed by atoms with Gasteiger partial charge >= 0.3 is 0 Å². The summed E-state index contributed by atoms with van der Waals surface area (Å²) in [6, 6.07) is 13.7. The Kier molecular flexibility index (Phi) is 4.86. The van der Waals surface area contributed by atoms with Gasteiger partial charge in [-0.1, -0.05) is 23.5 Å². The fourth-order valence-corrected chi connectivity index (χ4v) is 5.02. The van der Waals surface area contributed by atoms with E-state index in [-0.39, 0.29) is 11.8 Å². The van der Waals surface area contributed by atoms with Gasteiger partial charge in [-0.15, -0.1) is 0 Å². The van der Waals surface area contributed by atoms with Gasteiger partial charge in [-0.3, -0.25) is 4.79 Å². The number of thiazole rings is 1. The lowest BCUT2D eigenvalue weighted by Crippen LogP contribution is -2.24. The zero-order valence-corrected chi connectivity index (χ0v) is 18.3. The number of amides is 1. The molecule has 8 heteroatoms. The quantitative estimate of drug-likeness (QED) is 0.494. The molecule has 0 spiro atoms. The predicted molar refractivity (Wildman–Crippen MR) is 121 cm³/mol. The number of fused-ring (bicyclic) bond motifs is 2. The van der Waals surface area contributed by atoms with Crippen molar-refractivity contribution in [2.75, 3.05) is 19.0 Å². The van der Waals surface area contributed by atoms with Crippen LogP contribution in [0.4, 0.5) is 5.82 Å². The Bertz CT molecular complexity index is 1290. The van der Waals surface area contributed by atoms with Crippen molar-refractivity contribution in [1.82, 2.24) is 14.8 Å². The third kappa shape index (κ3) is 3.42. The third-order valence-corrected chi connectivity index (χ3v) is 6.43. The Morgan fingerprint density at radius 3 is 2.90 bits per heavy atom. The number of hydrogen-bond donors (Lipinski definition) is 1. The Hall–Kier alpha value is -3.39. The Balaban J connectivity index is 1.61. The molecule has 1 N–H and O–H groups in total. The molecule has 7 nitrogen and oxygen atoms in total. The first-order chi connectivity index (χ1) is 15.1. The number of aryl methyl sites for hydroxylation is 1. The van der Waals surface area contributed by atoms with Gasteiger partial charge in [-0.2, -0.15) is 9.78 Å². The zero-order chi connectivity index (χ0) is 21.5. The summed E-state index contributed by atoms with van der Waals surface area (Å²) in [6.45, 7) is 4.55. The number of aromatic nitrogens is 3. The SMILES string of the molecule is CCOc1ccc2nc(-n3nc(C)c4c3NC(=O)C[C@@H]4c3cccc(OC)c3)sc2c1. The second kappa shape index (κ2) is 7.70. The van der Waals surface area contributed by atoms with Gasteiger partial charge in [0.25, 0.3) is 0 Å². The summed E-state index contributed by atoms with van der Waals surface area (Å²) < 4.78 is 13.8. The van der Waals surface area contributed by atoms with Gasteiger partial charge in [0, 0.05) is 17.9 Å². The molecule has 0 saturated carbocycles. The number of benzene rings is 2. The van der Waals surface area contributed by atoms with Crippen molar-refractivity contribution in [2.45, 2.75) is 26.2 Å². The second-order valence-corrected chi connectivity index (χ2v) is 8.41. The van der Waals surface area contributed by atoms with E-state index in [1.54, 1.807) is 11.8 Å². The number of nitrogens with one attached hydrogen (secondary N) is 1. The van der Waals surface area contributed by atoms with Gasteiger partial charge in [-0.25, -0.2) is 4.98 Å². The molecule has 2 aromatic heterocycles. The number of nitrogens with zero attached hydrogens (tertiary/aromatic N) is 3. The van der Waals surface area contributed by atoms with E-state index >= 15 is 0 Å². The minimum Gasteiger partial charge on any atom is -0.497 e. The smallest absolute Gasteiger partial charge is 0.226 e. The van der Waals surface area contributed by atoms with Crippen molar-refractivity contribution in [2.24, 2.45) is 0 Å². The van der Waals surface area contributed by atoms with Crippen molar-refractivity contribution in [1.29, 1.82) is 0 Å². The molecule has 5 rings (SSSR count). The maximum Gasteiger partial charge on any atom is 0.226 e. The summed E-state index contributed by atoms with van der Waals surface area (Å²) in [5.41, 5.74) is 3.79. The summed E-state index contributed by atoms with van der Waals surface area (Å²) in [4.78, 5) is 17.4. The standard InChI is InChI=1S/C23H22N4O3S/c1-4-30-16-8-9-18-19(11-16)31-23(24-18)27-22-21(13(2)26-27)17(12-20(28)25-22)14-6-5-7-15(10-14)29-3/h5-11,17H,4,12H2,1-3H3,(H,25,28)/t17-/m1/s1. The van der Waals surface area contributed by atoms with Crippen LogP contribution in [0, 0.1) is 6.92 Å². The molecular weight excluding hydrogens is 412 g/mol. The first-order valence-corrected chi connectivity index (χ1v) is 11.0. The van der Waals surface area contributed by atoms with Crippen molar-refractivity contribution >= 4 is 33.3 Å². The maximum absolute atomic E-state index is 12.6. The molecule has 158 valence electrons. The predicted octanol–water partition coefficient (Wildman–Crippen LogP) is 4.67. The van der Waals surface area contributed by atoms with Gasteiger partial charge in [0.1, 0.15) is 17.3 Å². The van der Waals surface area contributed by atoms with E-state index in [0.717, 1.165) is 38.5 Å². The number of rotatable bonds is 5. The van der Waals surface area contributed by atoms with E-state index < -0.39 is 0 Å². The van der Waals surface area contributed by atoms with Crippen LogP contribution in [0.15, 0.2) is 42.5 Å². The Morgan fingerprint density at radius 1 is 1.23 bits per heavy atom. The van der Waals surface area contributed by atoms with Crippen molar-refractivity contribution in [3.8, 4) is 16.6 Å². The van der Waals surface area contributed by atoms with E-state index in [0.29, 0.717) is 24.0 Å². The zero-order valence-electron chi connectivity index (χ0n) is 17.5. The number of carbonyl (C=O) groups is 1. The van der Waals surface area contributed by atoms with Gasteiger partial charge in [0.05, 0.1) is 29.6 Å². The maximum atomic E-state index is 12.6. The van der Waals surface area contributed by atoms with Crippen LogP contribution in [0.1, 0.15) is 36.1 Å². The molecule has 0 radical (unpaired) electrons. The van der Waals surface area contributed by atoms with E-state index in [1.807, 2.05) is 56.3 Å². The van der Waals surface area contributed by atoms with Crippen LogP contribution in [0.2, 0.25) is 0 Å². The minimum absolute atomic E-state index is 0.0405. The largest absolute Gasteiger partial charge is 0.497 e. The van der Waals surface area contributed by atoms with E-state index in [4.69, 9.17) is 19.6 Å². The van der Waals surface area contributed by atoms with Crippen LogP contribution in [-0.4, -0.2) is 34.4 Å². The van der Waals surface area contributed by atoms with Gasteiger partial charge in [-0.05, 0) is 49.7 Å². The van der Waals surface area contributed by atoms with Crippen LogP contribution < -0.4 is 14.8 Å². The highest BCUT2D eigenvalue weighted by atomic mass is 32.1. The van der Waals surface area contributed by atoms with E-state index in [9.17, 15) is 4.79 Å². The highest BCUT2D eigenvalue weighted by Gasteiger charge is 2.33. The summed E-state index contributed by atoms with van der Waals surface area (Å²) >= 11 is 1.52. The molecule has 0 fully saturated rings. The Morgan fingerprint density at radius 2 is 2.10 bits per heavy atom. The number of carbonyl (C=O) groups excluding carboxylic acids is 1. The molecule has 1 aliphatic heterocycles. The summed E-state index contributed by atoms with van der Waals surface area (Å²) in [6.07, 6.45) is 0.365. The lowest BCUT2D eigenvalue weighted by atomic mass is 9.86. The second-order valence-electron chi connectivity index (χ2n) is 7.40. The molecule has 31 heavy (non-hydrogen) atoms. The lowest BCUT2D eigenvalue weighted by Gasteiger charge is -2.24. The fraction of sp³-hybridized carbons (Fsp3) is 0.261. The summed E-state index contributed by atoms with van der Waals surface area (Å²) in [5.74, 6) is 2.14. The number of hydrogen-bond acceptors (Lipinski definition) is 6. The fourth-order valence-electron chi connectivity index (χ4n) is 4.07. The van der Waals surface area contributed by atoms with Crippen LogP contribution in [0.25, 0.3) is 15.3 Å².